The van der Waals surface area contributed by atoms with Gasteiger partial charge in [-0.1, -0.05) is 23.7 Å². The fourth-order valence-electron chi connectivity index (χ4n) is 3.24. The van der Waals surface area contributed by atoms with Crippen LogP contribution in [-0.4, -0.2) is 40.1 Å². The molecular formula is C18H21ClN4O. The van der Waals surface area contributed by atoms with Crippen LogP contribution in [0.5, 0.6) is 0 Å². The van der Waals surface area contributed by atoms with Crippen molar-refractivity contribution in [2.24, 2.45) is 0 Å². The second-order valence-electron chi connectivity index (χ2n) is 6.67. The van der Waals surface area contributed by atoms with Crippen LogP contribution in [0, 0.1) is 0 Å². The van der Waals surface area contributed by atoms with E-state index in [1.807, 2.05) is 35.2 Å². The first kappa shape index (κ1) is 15.5. The van der Waals surface area contributed by atoms with Crippen LogP contribution in [0.25, 0.3) is 0 Å². The predicted octanol–water partition coefficient (Wildman–Crippen LogP) is 3.66. The number of carbonyl (C=O) groups excluding carboxylic acids is 1. The Balaban J connectivity index is 1.33. The molecule has 2 fully saturated rings. The quantitative estimate of drug-likeness (QED) is 0.889. The summed E-state index contributed by atoms with van der Waals surface area (Å²) in [5, 5.41) is 11.4. The lowest BCUT2D eigenvalue weighted by atomic mass is 10.0. The van der Waals surface area contributed by atoms with E-state index in [-0.39, 0.29) is 5.91 Å². The zero-order valence-corrected chi connectivity index (χ0v) is 14.2. The van der Waals surface area contributed by atoms with Gasteiger partial charge in [0.05, 0.1) is 10.7 Å². The zero-order chi connectivity index (χ0) is 16.5. The van der Waals surface area contributed by atoms with Gasteiger partial charge in [0.2, 0.25) is 0 Å². The van der Waals surface area contributed by atoms with Crippen molar-refractivity contribution in [2.45, 2.75) is 37.6 Å². The fourth-order valence-corrected chi connectivity index (χ4v) is 3.43. The van der Waals surface area contributed by atoms with Gasteiger partial charge in [0.1, 0.15) is 5.69 Å². The topological polar surface area (TPSA) is 61.0 Å². The van der Waals surface area contributed by atoms with Crippen molar-refractivity contribution in [3.8, 4) is 0 Å². The number of rotatable bonds is 4. The number of anilines is 1. The van der Waals surface area contributed by atoms with Gasteiger partial charge in [-0.05, 0) is 43.9 Å². The summed E-state index contributed by atoms with van der Waals surface area (Å²) >= 11 is 6.20. The van der Waals surface area contributed by atoms with Crippen molar-refractivity contribution in [1.82, 2.24) is 15.1 Å². The number of hydrogen-bond donors (Lipinski definition) is 2. The molecule has 1 saturated carbocycles. The molecule has 2 N–H and O–H groups in total. The molecule has 1 saturated heterocycles. The number of nitrogens with zero attached hydrogens (tertiary/aromatic N) is 2. The minimum Gasteiger partial charge on any atom is -0.381 e. The average Bonchev–Trinajstić information content (AvgIpc) is 3.34. The smallest absolute Gasteiger partial charge is 0.274 e. The molecule has 0 bridgehead atoms. The SMILES string of the molecule is O=C(c1cc(C2CC2)[nH]n1)N1CCC(Nc2ccccc2Cl)CC1. The van der Waals surface area contributed by atoms with Gasteiger partial charge in [-0.15, -0.1) is 0 Å². The number of likely N-dealkylation sites (tertiary alicyclic amines) is 1. The third-order valence-electron chi connectivity index (χ3n) is 4.85. The van der Waals surface area contributed by atoms with E-state index in [9.17, 15) is 4.79 Å². The van der Waals surface area contributed by atoms with E-state index < -0.39 is 0 Å². The van der Waals surface area contributed by atoms with Gasteiger partial charge in [-0.3, -0.25) is 9.89 Å². The van der Waals surface area contributed by atoms with E-state index in [4.69, 9.17) is 11.6 Å². The van der Waals surface area contributed by atoms with Crippen molar-refractivity contribution < 1.29 is 4.79 Å². The second kappa shape index (κ2) is 6.48. The number of halogens is 1. The van der Waals surface area contributed by atoms with Gasteiger partial charge >= 0.3 is 0 Å². The first-order valence-electron chi connectivity index (χ1n) is 8.56. The first-order chi connectivity index (χ1) is 11.7. The van der Waals surface area contributed by atoms with E-state index in [0.717, 1.165) is 42.3 Å². The number of aromatic amines is 1. The molecule has 0 unspecified atom stereocenters. The third kappa shape index (κ3) is 3.26. The van der Waals surface area contributed by atoms with Gasteiger partial charge in [-0.25, -0.2) is 0 Å². The Bertz CT molecular complexity index is 732. The lowest BCUT2D eigenvalue weighted by Gasteiger charge is -2.32. The highest BCUT2D eigenvalue weighted by Crippen LogP contribution is 2.39. The molecular weight excluding hydrogens is 324 g/mol. The lowest BCUT2D eigenvalue weighted by Crippen LogP contribution is -2.42. The van der Waals surface area contributed by atoms with Crippen molar-refractivity contribution in [1.29, 1.82) is 0 Å². The number of nitrogens with one attached hydrogen (secondary N) is 2. The van der Waals surface area contributed by atoms with Crippen LogP contribution in [0.1, 0.15) is 47.8 Å². The number of amides is 1. The van der Waals surface area contributed by atoms with Gasteiger partial charge in [0.25, 0.3) is 5.91 Å². The molecule has 0 atom stereocenters. The van der Waals surface area contributed by atoms with Crippen LogP contribution in [0.2, 0.25) is 5.02 Å². The molecule has 1 aromatic heterocycles. The van der Waals surface area contributed by atoms with Gasteiger partial charge in [-0.2, -0.15) is 5.10 Å². The molecule has 2 heterocycles. The van der Waals surface area contributed by atoms with Gasteiger partial charge in [0.15, 0.2) is 0 Å². The summed E-state index contributed by atoms with van der Waals surface area (Å²) in [6.07, 6.45) is 4.23. The molecule has 126 valence electrons. The van der Waals surface area contributed by atoms with E-state index in [1.54, 1.807) is 0 Å². The second-order valence-corrected chi connectivity index (χ2v) is 7.08. The molecule has 0 spiro atoms. The number of piperidine rings is 1. The number of hydrogen-bond acceptors (Lipinski definition) is 3. The summed E-state index contributed by atoms with van der Waals surface area (Å²) in [4.78, 5) is 14.5. The largest absolute Gasteiger partial charge is 0.381 e. The van der Waals surface area contributed by atoms with E-state index >= 15 is 0 Å². The first-order valence-corrected chi connectivity index (χ1v) is 8.94. The Morgan fingerprint density at radius 3 is 2.67 bits per heavy atom. The molecule has 1 aliphatic heterocycles. The van der Waals surface area contributed by atoms with E-state index in [1.165, 1.54) is 12.8 Å². The minimum atomic E-state index is 0.0364. The monoisotopic (exact) mass is 344 g/mol. The standard InChI is InChI=1S/C18H21ClN4O/c19-14-3-1-2-4-15(14)20-13-7-9-23(10-8-13)18(24)17-11-16(21-22-17)12-5-6-12/h1-4,11-13,20H,5-10H2,(H,21,22). The maximum Gasteiger partial charge on any atom is 0.274 e. The summed E-state index contributed by atoms with van der Waals surface area (Å²) < 4.78 is 0. The molecule has 1 aliphatic carbocycles. The van der Waals surface area contributed by atoms with Crippen LogP contribution >= 0.6 is 11.6 Å². The van der Waals surface area contributed by atoms with Crippen molar-refractivity contribution in [3.63, 3.8) is 0 Å². The van der Waals surface area contributed by atoms with Crippen molar-refractivity contribution >= 4 is 23.2 Å². The highest BCUT2D eigenvalue weighted by atomic mass is 35.5. The Hall–Kier alpha value is -2.01. The number of para-hydroxylation sites is 1. The maximum atomic E-state index is 12.6. The summed E-state index contributed by atoms with van der Waals surface area (Å²) in [6, 6.07) is 10.0. The van der Waals surface area contributed by atoms with Crippen molar-refractivity contribution in [3.05, 3.63) is 46.7 Å². The highest BCUT2D eigenvalue weighted by molar-refractivity contribution is 6.33. The maximum absolute atomic E-state index is 12.6. The third-order valence-corrected chi connectivity index (χ3v) is 5.18. The number of H-pyrrole nitrogens is 1. The normalized spacial score (nSPS) is 18.6. The molecule has 2 aliphatic rings. The summed E-state index contributed by atoms with van der Waals surface area (Å²) in [6.45, 7) is 1.49. The number of benzene rings is 1. The predicted molar refractivity (Wildman–Crippen MR) is 94.6 cm³/mol. The van der Waals surface area contributed by atoms with Crippen molar-refractivity contribution in [2.75, 3.05) is 18.4 Å². The zero-order valence-electron chi connectivity index (χ0n) is 13.5. The molecule has 2 aromatic rings. The molecule has 5 nitrogen and oxygen atoms in total. The summed E-state index contributed by atoms with van der Waals surface area (Å²) in [7, 11) is 0. The van der Waals surface area contributed by atoms with E-state index in [2.05, 4.69) is 15.5 Å². The van der Waals surface area contributed by atoms with Crippen LogP contribution < -0.4 is 5.32 Å². The Kier molecular flexibility index (Phi) is 4.19. The molecule has 24 heavy (non-hydrogen) atoms. The van der Waals surface area contributed by atoms with Gasteiger partial charge in [0, 0.05) is 30.7 Å². The molecule has 0 radical (unpaired) electrons. The fraction of sp³-hybridized carbons (Fsp3) is 0.444. The summed E-state index contributed by atoms with van der Waals surface area (Å²) in [5.74, 6) is 0.624. The Morgan fingerprint density at radius 2 is 1.96 bits per heavy atom. The van der Waals surface area contributed by atoms with Gasteiger partial charge < -0.3 is 10.2 Å². The average molecular weight is 345 g/mol. The lowest BCUT2D eigenvalue weighted by molar-refractivity contribution is 0.0712. The van der Waals surface area contributed by atoms with Crippen LogP contribution in [0.4, 0.5) is 5.69 Å². The van der Waals surface area contributed by atoms with Crippen LogP contribution in [-0.2, 0) is 0 Å². The molecule has 6 heteroatoms. The number of aromatic nitrogens is 2. The Labute approximate surface area is 146 Å². The molecule has 1 aromatic carbocycles. The van der Waals surface area contributed by atoms with E-state index in [0.29, 0.717) is 17.7 Å². The minimum absolute atomic E-state index is 0.0364. The summed E-state index contributed by atoms with van der Waals surface area (Å²) in [5.41, 5.74) is 2.62. The number of carbonyl (C=O) groups is 1. The highest BCUT2D eigenvalue weighted by Gasteiger charge is 2.29. The molecule has 4 rings (SSSR count). The van der Waals surface area contributed by atoms with Crippen LogP contribution in [0.3, 0.4) is 0 Å². The Morgan fingerprint density at radius 1 is 1.21 bits per heavy atom. The molecule has 1 amide bonds. The van der Waals surface area contributed by atoms with Crippen LogP contribution in [0.15, 0.2) is 30.3 Å².